The van der Waals surface area contributed by atoms with Gasteiger partial charge in [-0.2, -0.15) is 0 Å². The Balaban J connectivity index is 1.54. The topological polar surface area (TPSA) is 65.4 Å². The maximum absolute atomic E-state index is 13.4. The second-order valence-electron chi connectivity index (χ2n) is 7.92. The van der Waals surface area contributed by atoms with Crippen LogP contribution in [0.15, 0.2) is 18.2 Å². The van der Waals surface area contributed by atoms with E-state index in [1.165, 1.54) is 0 Å². The predicted molar refractivity (Wildman–Crippen MR) is 106 cm³/mol. The van der Waals surface area contributed by atoms with Crippen LogP contribution in [-0.4, -0.2) is 84.8 Å². The van der Waals surface area contributed by atoms with Gasteiger partial charge in [0.1, 0.15) is 30.4 Å². The highest BCUT2D eigenvalue weighted by atomic mass is 19.1. The molecular formula is C21H33FN2O4. The number of rotatable bonds is 8. The molecule has 3 rings (SSSR count). The minimum absolute atomic E-state index is 0.213. The first-order valence-corrected chi connectivity index (χ1v) is 10.3. The van der Waals surface area contributed by atoms with E-state index in [9.17, 15) is 14.6 Å². The summed E-state index contributed by atoms with van der Waals surface area (Å²) >= 11 is 0. The molecule has 1 atom stereocenters. The van der Waals surface area contributed by atoms with Gasteiger partial charge in [0.2, 0.25) is 0 Å². The number of hydrogen-bond donors (Lipinski definition) is 2. The number of halogens is 1. The first kappa shape index (κ1) is 21.3. The molecule has 2 fully saturated rings. The van der Waals surface area contributed by atoms with Crippen molar-refractivity contribution in [1.82, 2.24) is 9.80 Å². The summed E-state index contributed by atoms with van der Waals surface area (Å²) in [5, 5.41) is 20.0. The van der Waals surface area contributed by atoms with E-state index in [0.717, 1.165) is 56.1 Å². The third kappa shape index (κ3) is 6.30. The molecule has 0 unspecified atom stereocenters. The number of hydrogen-bond acceptors (Lipinski definition) is 6. The smallest absolute Gasteiger partial charge is 0.124 e. The second-order valence-corrected chi connectivity index (χ2v) is 7.92. The number of alkyl halides is 1. The Hall–Kier alpha value is -1.41. The van der Waals surface area contributed by atoms with Gasteiger partial charge in [0.05, 0.1) is 13.2 Å². The van der Waals surface area contributed by atoms with E-state index in [1.807, 2.05) is 18.2 Å². The van der Waals surface area contributed by atoms with E-state index in [4.69, 9.17) is 9.47 Å². The van der Waals surface area contributed by atoms with Crippen LogP contribution in [0.5, 0.6) is 11.5 Å². The molecule has 2 aliphatic rings. The van der Waals surface area contributed by atoms with E-state index in [-0.39, 0.29) is 12.7 Å². The molecule has 158 valence electrons. The number of ether oxygens (including phenoxy) is 2. The van der Waals surface area contributed by atoms with Gasteiger partial charge in [0.25, 0.3) is 0 Å². The number of aliphatic hydroxyl groups excluding tert-OH is 2. The Bertz CT molecular complexity index is 602. The van der Waals surface area contributed by atoms with Crippen molar-refractivity contribution < 1.29 is 24.1 Å². The molecule has 0 spiro atoms. The lowest BCUT2D eigenvalue weighted by Gasteiger charge is -2.31. The third-order valence-corrected chi connectivity index (χ3v) is 5.64. The zero-order chi connectivity index (χ0) is 19.9. The Labute approximate surface area is 166 Å². The highest BCUT2D eigenvalue weighted by Gasteiger charge is 2.21. The number of benzene rings is 1. The maximum Gasteiger partial charge on any atom is 0.124 e. The van der Waals surface area contributed by atoms with Crippen LogP contribution in [0.4, 0.5) is 4.39 Å². The Morgan fingerprint density at radius 1 is 1.11 bits per heavy atom. The SMILES string of the molecule is COc1ccc(OC[C@@H](O)CN2CCC(O)CC2)c(CN2CCC(F)CC2)c1. The van der Waals surface area contributed by atoms with Crippen LogP contribution in [0.25, 0.3) is 0 Å². The summed E-state index contributed by atoms with van der Waals surface area (Å²) in [5.41, 5.74) is 0.991. The normalized spacial score (nSPS) is 21.6. The quantitative estimate of drug-likeness (QED) is 0.699. The van der Waals surface area contributed by atoms with Crippen molar-refractivity contribution in [2.24, 2.45) is 0 Å². The van der Waals surface area contributed by atoms with Crippen LogP contribution in [0.1, 0.15) is 31.2 Å². The van der Waals surface area contributed by atoms with Crippen LogP contribution >= 0.6 is 0 Å². The van der Waals surface area contributed by atoms with Gasteiger partial charge in [-0.3, -0.25) is 4.90 Å². The molecular weight excluding hydrogens is 363 g/mol. The summed E-state index contributed by atoms with van der Waals surface area (Å²) in [4.78, 5) is 4.39. The molecule has 0 amide bonds. The Kier molecular flexibility index (Phi) is 7.91. The van der Waals surface area contributed by atoms with Crippen LogP contribution < -0.4 is 9.47 Å². The largest absolute Gasteiger partial charge is 0.497 e. The molecule has 1 aromatic carbocycles. The van der Waals surface area contributed by atoms with Gasteiger partial charge < -0.3 is 24.6 Å². The predicted octanol–water partition coefficient (Wildman–Crippen LogP) is 1.83. The number of methoxy groups -OCH3 is 1. The molecule has 0 radical (unpaired) electrons. The van der Waals surface area contributed by atoms with Gasteiger partial charge in [-0.25, -0.2) is 4.39 Å². The molecule has 28 heavy (non-hydrogen) atoms. The fourth-order valence-electron chi connectivity index (χ4n) is 3.89. The molecule has 2 aliphatic heterocycles. The summed E-state index contributed by atoms with van der Waals surface area (Å²) in [6.07, 6.45) is 1.16. The first-order chi connectivity index (χ1) is 13.5. The van der Waals surface area contributed by atoms with Crippen molar-refractivity contribution in [3.63, 3.8) is 0 Å². The lowest BCUT2D eigenvalue weighted by molar-refractivity contribution is 0.0334. The van der Waals surface area contributed by atoms with Crippen molar-refractivity contribution >= 4 is 0 Å². The summed E-state index contributed by atoms with van der Waals surface area (Å²) in [6.45, 7) is 4.52. The van der Waals surface area contributed by atoms with Gasteiger partial charge in [-0.15, -0.1) is 0 Å². The van der Waals surface area contributed by atoms with E-state index in [1.54, 1.807) is 7.11 Å². The molecule has 0 aliphatic carbocycles. The standard InChI is InChI=1S/C21H33FN2O4/c1-27-20-2-3-21(16(12-20)13-23-8-4-17(22)5-9-23)28-15-19(26)14-24-10-6-18(25)7-11-24/h2-3,12,17-19,25-26H,4-11,13-15H2,1H3/t19-/m0/s1. The lowest BCUT2D eigenvalue weighted by Crippen LogP contribution is -2.41. The Morgan fingerprint density at radius 3 is 2.46 bits per heavy atom. The first-order valence-electron chi connectivity index (χ1n) is 10.3. The number of nitrogens with zero attached hydrogens (tertiary/aromatic N) is 2. The molecule has 1 aromatic rings. The molecule has 6 nitrogen and oxygen atoms in total. The molecule has 2 saturated heterocycles. The molecule has 0 aromatic heterocycles. The molecule has 7 heteroatoms. The minimum atomic E-state index is -0.691. The summed E-state index contributed by atoms with van der Waals surface area (Å²) in [5.74, 6) is 1.49. The van der Waals surface area contributed by atoms with Gasteiger partial charge in [-0.1, -0.05) is 0 Å². The zero-order valence-electron chi connectivity index (χ0n) is 16.7. The van der Waals surface area contributed by atoms with Gasteiger partial charge in [-0.05, 0) is 43.9 Å². The highest BCUT2D eigenvalue weighted by molar-refractivity contribution is 5.40. The lowest BCUT2D eigenvalue weighted by atomic mass is 10.1. The summed E-state index contributed by atoms with van der Waals surface area (Å²) in [7, 11) is 1.63. The molecule has 2 heterocycles. The molecule has 2 N–H and O–H groups in total. The fourth-order valence-corrected chi connectivity index (χ4v) is 3.89. The van der Waals surface area contributed by atoms with Crippen molar-refractivity contribution in [3.05, 3.63) is 23.8 Å². The van der Waals surface area contributed by atoms with Crippen LogP contribution in [-0.2, 0) is 6.54 Å². The van der Waals surface area contributed by atoms with Crippen molar-refractivity contribution in [2.45, 2.75) is 50.6 Å². The fraction of sp³-hybridized carbons (Fsp3) is 0.714. The minimum Gasteiger partial charge on any atom is -0.497 e. The maximum atomic E-state index is 13.4. The third-order valence-electron chi connectivity index (χ3n) is 5.64. The average molecular weight is 397 g/mol. The van der Waals surface area contributed by atoms with Crippen molar-refractivity contribution in [2.75, 3.05) is 46.4 Å². The average Bonchev–Trinajstić information content (AvgIpc) is 2.70. The number of piperidine rings is 2. The monoisotopic (exact) mass is 396 g/mol. The highest BCUT2D eigenvalue weighted by Crippen LogP contribution is 2.27. The van der Waals surface area contributed by atoms with Crippen molar-refractivity contribution in [3.8, 4) is 11.5 Å². The van der Waals surface area contributed by atoms with Crippen LogP contribution in [0.3, 0.4) is 0 Å². The number of β-amino-alcohol motifs (C(OH)–C–C–N with tert-alkyl or cyclic N) is 1. The summed E-state index contributed by atoms with van der Waals surface area (Å²) < 4.78 is 24.7. The van der Waals surface area contributed by atoms with Gasteiger partial charge in [0, 0.05) is 44.8 Å². The van der Waals surface area contributed by atoms with Crippen molar-refractivity contribution in [1.29, 1.82) is 0 Å². The van der Waals surface area contributed by atoms with Crippen LogP contribution in [0.2, 0.25) is 0 Å². The summed E-state index contributed by atoms with van der Waals surface area (Å²) in [6, 6.07) is 5.68. The van der Waals surface area contributed by atoms with E-state index in [0.29, 0.717) is 25.9 Å². The van der Waals surface area contributed by atoms with E-state index in [2.05, 4.69) is 9.80 Å². The van der Waals surface area contributed by atoms with Gasteiger partial charge in [0.15, 0.2) is 0 Å². The van der Waals surface area contributed by atoms with Gasteiger partial charge >= 0.3 is 0 Å². The zero-order valence-corrected chi connectivity index (χ0v) is 16.7. The molecule has 0 bridgehead atoms. The molecule has 0 saturated carbocycles. The van der Waals surface area contributed by atoms with E-state index >= 15 is 0 Å². The van der Waals surface area contributed by atoms with Crippen LogP contribution in [0, 0.1) is 0 Å². The number of aliphatic hydroxyl groups is 2. The Morgan fingerprint density at radius 2 is 1.79 bits per heavy atom. The van der Waals surface area contributed by atoms with E-state index < -0.39 is 12.3 Å². The second kappa shape index (κ2) is 10.4. The number of likely N-dealkylation sites (tertiary alicyclic amines) is 2.